The van der Waals surface area contributed by atoms with Crippen molar-refractivity contribution in [3.8, 4) is 6.07 Å². The molecule has 1 saturated heterocycles. The molecule has 4 heteroatoms. The van der Waals surface area contributed by atoms with Crippen molar-refractivity contribution < 1.29 is 9.53 Å². The minimum Gasteiger partial charge on any atom is -0.444 e. The van der Waals surface area contributed by atoms with E-state index < -0.39 is 11.1 Å². The van der Waals surface area contributed by atoms with Crippen LogP contribution in [0.4, 0.5) is 4.79 Å². The lowest BCUT2D eigenvalue weighted by molar-refractivity contribution is 0.00126. The fourth-order valence-electron chi connectivity index (χ4n) is 2.50. The molecule has 1 amide bonds. The minimum atomic E-state index is -0.773. The highest BCUT2D eigenvalue weighted by Gasteiger charge is 2.49. The molecule has 0 aromatic heterocycles. The Balaban J connectivity index is 2.22. The van der Waals surface area contributed by atoms with E-state index in [1.54, 1.807) is 4.90 Å². The van der Waals surface area contributed by atoms with Gasteiger partial charge in [0.15, 0.2) is 5.54 Å². The van der Waals surface area contributed by atoms with Crippen LogP contribution in [0.3, 0.4) is 0 Å². The summed E-state index contributed by atoms with van der Waals surface area (Å²) in [5.74, 6) is 0. The van der Waals surface area contributed by atoms with Gasteiger partial charge in [0.05, 0.1) is 12.1 Å². The second-order valence-electron chi connectivity index (χ2n) is 5.71. The van der Waals surface area contributed by atoms with E-state index in [-0.39, 0.29) is 12.1 Å². The van der Waals surface area contributed by atoms with Crippen LogP contribution in [0.25, 0.3) is 0 Å². The zero-order valence-corrected chi connectivity index (χ0v) is 10.6. The van der Waals surface area contributed by atoms with Gasteiger partial charge in [0, 0.05) is 0 Å². The van der Waals surface area contributed by atoms with E-state index in [0.29, 0.717) is 6.42 Å². The van der Waals surface area contributed by atoms with Gasteiger partial charge in [-0.25, -0.2) is 4.79 Å². The molecule has 0 aromatic carbocycles. The molecular formula is C13H18N2O2. The average molecular weight is 234 g/mol. The molecule has 2 unspecified atom stereocenters. The van der Waals surface area contributed by atoms with Crippen molar-refractivity contribution in [3.05, 3.63) is 12.2 Å². The molecule has 0 spiro atoms. The summed E-state index contributed by atoms with van der Waals surface area (Å²) in [6, 6.07) is 2.29. The normalized spacial score (nSPS) is 31.2. The Morgan fingerprint density at radius 1 is 1.59 bits per heavy atom. The van der Waals surface area contributed by atoms with Crippen LogP contribution in [0.5, 0.6) is 0 Å². The summed E-state index contributed by atoms with van der Waals surface area (Å²) in [4.78, 5) is 13.8. The zero-order chi connectivity index (χ0) is 12.7. The summed E-state index contributed by atoms with van der Waals surface area (Å²) in [6.45, 7) is 5.51. The first kappa shape index (κ1) is 12.0. The molecule has 0 N–H and O–H groups in total. The van der Waals surface area contributed by atoms with Crippen molar-refractivity contribution >= 4 is 6.09 Å². The molecule has 2 bridgehead atoms. The summed E-state index contributed by atoms with van der Waals surface area (Å²) in [6.07, 6.45) is 6.03. The molecule has 2 atom stereocenters. The molecule has 0 aliphatic carbocycles. The highest BCUT2D eigenvalue weighted by molar-refractivity contribution is 5.72. The van der Waals surface area contributed by atoms with Crippen LogP contribution in [-0.4, -0.2) is 28.2 Å². The first-order valence-corrected chi connectivity index (χ1v) is 6.01. The lowest BCUT2D eigenvalue weighted by atomic mass is 9.90. The van der Waals surface area contributed by atoms with E-state index in [1.807, 2.05) is 32.9 Å². The van der Waals surface area contributed by atoms with Gasteiger partial charge < -0.3 is 4.74 Å². The maximum absolute atomic E-state index is 12.2. The number of carbonyl (C=O) groups excluding carboxylic acids is 1. The highest BCUT2D eigenvalue weighted by Crippen LogP contribution is 2.39. The minimum absolute atomic E-state index is 0.0262. The van der Waals surface area contributed by atoms with Gasteiger partial charge >= 0.3 is 6.09 Å². The van der Waals surface area contributed by atoms with Crippen molar-refractivity contribution in [2.75, 3.05) is 0 Å². The van der Waals surface area contributed by atoms with Crippen molar-refractivity contribution in [1.82, 2.24) is 4.90 Å². The van der Waals surface area contributed by atoms with Crippen molar-refractivity contribution in [2.45, 2.75) is 57.2 Å². The van der Waals surface area contributed by atoms with Crippen molar-refractivity contribution in [3.63, 3.8) is 0 Å². The van der Waals surface area contributed by atoms with Crippen molar-refractivity contribution in [2.24, 2.45) is 0 Å². The molecule has 2 aliphatic heterocycles. The summed E-state index contributed by atoms with van der Waals surface area (Å²) in [5.41, 5.74) is -1.30. The molecule has 2 heterocycles. The molecule has 92 valence electrons. The lowest BCUT2D eigenvalue weighted by Crippen LogP contribution is -2.54. The predicted octanol–water partition coefficient (Wildman–Crippen LogP) is 2.61. The monoisotopic (exact) mass is 234 g/mol. The Bertz CT molecular complexity index is 403. The van der Waals surface area contributed by atoms with Gasteiger partial charge in [-0.3, -0.25) is 4.90 Å². The molecule has 17 heavy (non-hydrogen) atoms. The Kier molecular flexibility index (Phi) is 2.65. The highest BCUT2D eigenvalue weighted by atomic mass is 16.6. The van der Waals surface area contributed by atoms with Crippen LogP contribution < -0.4 is 0 Å². The first-order chi connectivity index (χ1) is 7.88. The van der Waals surface area contributed by atoms with Gasteiger partial charge in [-0.1, -0.05) is 6.08 Å². The fraction of sp³-hybridized carbons (Fsp3) is 0.692. The van der Waals surface area contributed by atoms with E-state index in [1.165, 1.54) is 0 Å². The quantitative estimate of drug-likeness (QED) is 0.605. The summed E-state index contributed by atoms with van der Waals surface area (Å²) in [5, 5.41) is 9.34. The zero-order valence-electron chi connectivity index (χ0n) is 10.6. The van der Waals surface area contributed by atoms with E-state index in [0.717, 1.165) is 12.8 Å². The van der Waals surface area contributed by atoms with E-state index in [2.05, 4.69) is 6.07 Å². The second-order valence-corrected chi connectivity index (χ2v) is 5.71. The second kappa shape index (κ2) is 3.76. The standard InChI is InChI=1S/C13H18N2O2/c1-12(2,3)17-11(16)15-10-5-4-7-13(15,9-14)8-6-10/h6,8,10H,4-5,7H2,1-3H3. The number of fused-ring (bicyclic) bond motifs is 2. The molecule has 0 radical (unpaired) electrons. The largest absolute Gasteiger partial charge is 0.444 e. The van der Waals surface area contributed by atoms with Gasteiger partial charge in [0.25, 0.3) is 0 Å². The van der Waals surface area contributed by atoms with Gasteiger partial charge in [0.1, 0.15) is 5.60 Å². The predicted molar refractivity (Wildman–Crippen MR) is 63.2 cm³/mol. The number of piperidine rings is 1. The third-order valence-electron chi connectivity index (χ3n) is 3.20. The molecule has 4 nitrogen and oxygen atoms in total. The van der Waals surface area contributed by atoms with E-state index in [9.17, 15) is 10.1 Å². The SMILES string of the molecule is CC(C)(C)OC(=O)N1C2C=CC1(C#N)CCC2. The average Bonchev–Trinajstić information content (AvgIpc) is 2.44. The van der Waals surface area contributed by atoms with E-state index >= 15 is 0 Å². The number of rotatable bonds is 0. The molecule has 0 saturated carbocycles. The topological polar surface area (TPSA) is 53.3 Å². The third kappa shape index (κ3) is 2.02. The maximum Gasteiger partial charge on any atom is 0.412 e. The summed E-state index contributed by atoms with van der Waals surface area (Å²) in [7, 11) is 0. The molecule has 2 rings (SSSR count). The van der Waals surface area contributed by atoms with Crippen LogP contribution in [0, 0.1) is 11.3 Å². The molecule has 2 aliphatic rings. The summed E-state index contributed by atoms with van der Waals surface area (Å²) >= 11 is 0. The number of ether oxygens (including phenoxy) is 1. The van der Waals surface area contributed by atoms with Gasteiger partial charge in [-0.15, -0.1) is 0 Å². The Morgan fingerprint density at radius 2 is 2.29 bits per heavy atom. The van der Waals surface area contributed by atoms with Crippen LogP contribution in [0.15, 0.2) is 12.2 Å². The number of nitriles is 1. The Morgan fingerprint density at radius 3 is 2.88 bits per heavy atom. The fourth-order valence-corrected chi connectivity index (χ4v) is 2.50. The Hall–Kier alpha value is -1.50. The van der Waals surface area contributed by atoms with Gasteiger partial charge in [0.2, 0.25) is 0 Å². The van der Waals surface area contributed by atoms with Gasteiger partial charge in [-0.2, -0.15) is 5.26 Å². The molecule has 1 fully saturated rings. The number of hydrogen-bond donors (Lipinski definition) is 0. The van der Waals surface area contributed by atoms with Crippen LogP contribution in [0.1, 0.15) is 40.0 Å². The van der Waals surface area contributed by atoms with Gasteiger partial charge in [-0.05, 0) is 46.1 Å². The van der Waals surface area contributed by atoms with E-state index in [4.69, 9.17) is 4.74 Å². The number of carbonyl (C=O) groups is 1. The van der Waals surface area contributed by atoms with Crippen LogP contribution in [-0.2, 0) is 4.74 Å². The molecule has 0 aromatic rings. The first-order valence-electron chi connectivity index (χ1n) is 6.01. The number of nitrogens with zero attached hydrogens (tertiary/aromatic N) is 2. The van der Waals surface area contributed by atoms with Crippen LogP contribution >= 0.6 is 0 Å². The summed E-state index contributed by atoms with van der Waals surface area (Å²) < 4.78 is 5.38. The van der Waals surface area contributed by atoms with Crippen LogP contribution in [0.2, 0.25) is 0 Å². The van der Waals surface area contributed by atoms with Crippen molar-refractivity contribution in [1.29, 1.82) is 5.26 Å². The maximum atomic E-state index is 12.2. The number of hydrogen-bond acceptors (Lipinski definition) is 3. The smallest absolute Gasteiger partial charge is 0.412 e. The number of amides is 1. The third-order valence-corrected chi connectivity index (χ3v) is 3.20. The lowest BCUT2D eigenvalue weighted by Gasteiger charge is -2.40. The molecular weight excluding hydrogens is 216 g/mol. The Labute approximate surface area is 102 Å².